The van der Waals surface area contributed by atoms with Crippen molar-refractivity contribution in [2.75, 3.05) is 13.1 Å². The third kappa shape index (κ3) is 2.13. The highest BCUT2D eigenvalue weighted by Gasteiger charge is 2.18. The highest BCUT2D eigenvalue weighted by molar-refractivity contribution is 5.52. The molecule has 0 bridgehead atoms. The van der Waals surface area contributed by atoms with E-state index in [1.165, 1.54) is 18.5 Å². The maximum Gasteiger partial charge on any atom is 0.154 e. The summed E-state index contributed by atoms with van der Waals surface area (Å²) >= 11 is 0. The predicted octanol–water partition coefficient (Wildman–Crippen LogP) is 2.45. The van der Waals surface area contributed by atoms with Gasteiger partial charge >= 0.3 is 0 Å². The van der Waals surface area contributed by atoms with Crippen LogP contribution < -0.4 is 5.32 Å². The molecule has 2 aromatic rings. The van der Waals surface area contributed by atoms with E-state index in [-0.39, 0.29) is 0 Å². The first-order valence-electron chi connectivity index (χ1n) is 6.16. The van der Waals surface area contributed by atoms with E-state index in [4.69, 9.17) is 4.42 Å². The zero-order valence-electron chi connectivity index (χ0n) is 9.99. The van der Waals surface area contributed by atoms with Gasteiger partial charge in [-0.25, -0.2) is 0 Å². The van der Waals surface area contributed by atoms with Gasteiger partial charge in [-0.2, -0.15) is 5.10 Å². The Morgan fingerprint density at radius 3 is 3.06 bits per heavy atom. The number of hydrogen-bond donors (Lipinski definition) is 2. The summed E-state index contributed by atoms with van der Waals surface area (Å²) in [6.45, 7) is 4.12. The fourth-order valence-corrected chi connectivity index (χ4v) is 2.36. The Hall–Kier alpha value is -1.55. The second kappa shape index (κ2) is 4.37. The maximum atomic E-state index is 5.57. The van der Waals surface area contributed by atoms with Crippen molar-refractivity contribution in [2.45, 2.75) is 25.7 Å². The van der Waals surface area contributed by atoms with Crippen molar-refractivity contribution in [3.63, 3.8) is 0 Å². The van der Waals surface area contributed by atoms with Crippen LogP contribution in [0.1, 0.15) is 30.2 Å². The van der Waals surface area contributed by atoms with Gasteiger partial charge < -0.3 is 9.73 Å². The topological polar surface area (TPSA) is 53.9 Å². The van der Waals surface area contributed by atoms with Crippen molar-refractivity contribution >= 4 is 0 Å². The molecule has 0 radical (unpaired) electrons. The minimum atomic E-state index is 0.557. The second-order valence-corrected chi connectivity index (χ2v) is 4.66. The lowest BCUT2D eigenvalue weighted by Crippen LogP contribution is -2.28. The van der Waals surface area contributed by atoms with Gasteiger partial charge in [0.05, 0.1) is 0 Å². The van der Waals surface area contributed by atoms with E-state index in [1.807, 2.05) is 19.1 Å². The van der Waals surface area contributed by atoms with E-state index in [1.54, 1.807) is 0 Å². The summed E-state index contributed by atoms with van der Waals surface area (Å²) in [6, 6.07) is 6.04. The average Bonchev–Trinajstić information content (AvgIpc) is 2.98. The lowest BCUT2D eigenvalue weighted by molar-refractivity contribution is 0.454. The molecule has 1 unspecified atom stereocenters. The molecule has 0 saturated carbocycles. The Morgan fingerprint density at radius 1 is 1.41 bits per heavy atom. The fourth-order valence-electron chi connectivity index (χ4n) is 2.36. The number of aromatic amines is 1. The van der Waals surface area contributed by atoms with Crippen LogP contribution in [0, 0.1) is 6.92 Å². The van der Waals surface area contributed by atoms with Gasteiger partial charge in [-0.3, -0.25) is 5.10 Å². The van der Waals surface area contributed by atoms with Crippen LogP contribution in [0.25, 0.3) is 11.5 Å². The van der Waals surface area contributed by atoms with Crippen LogP contribution in [0.3, 0.4) is 0 Å². The van der Waals surface area contributed by atoms with Crippen molar-refractivity contribution in [3.8, 4) is 11.5 Å². The number of aromatic nitrogens is 2. The molecule has 1 atom stereocenters. The number of rotatable bonds is 2. The number of piperidine rings is 1. The second-order valence-electron chi connectivity index (χ2n) is 4.66. The Balaban J connectivity index is 1.82. The van der Waals surface area contributed by atoms with E-state index in [9.17, 15) is 0 Å². The maximum absolute atomic E-state index is 5.57. The molecule has 3 rings (SSSR count). The van der Waals surface area contributed by atoms with Crippen LogP contribution in [-0.4, -0.2) is 23.3 Å². The Bertz CT molecular complexity index is 494. The van der Waals surface area contributed by atoms with Crippen LogP contribution in [0.4, 0.5) is 0 Å². The van der Waals surface area contributed by atoms with Gasteiger partial charge in [-0.05, 0) is 44.5 Å². The quantitative estimate of drug-likeness (QED) is 0.834. The number of H-pyrrole nitrogens is 1. The summed E-state index contributed by atoms with van der Waals surface area (Å²) in [7, 11) is 0. The lowest BCUT2D eigenvalue weighted by Gasteiger charge is -2.21. The van der Waals surface area contributed by atoms with Gasteiger partial charge in [0.25, 0.3) is 0 Å². The Labute approximate surface area is 100 Å². The zero-order chi connectivity index (χ0) is 11.7. The van der Waals surface area contributed by atoms with Crippen molar-refractivity contribution < 1.29 is 4.42 Å². The summed E-state index contributed by atoms with van der Waals surface area (Å²) in [5.41, 5.74) is 2.11. The molecule has 0 spiro atoms. The smallest absolute Gasteiger partial charge is 0.154 e. The summed E-state index contributed by atoms with van der Waals surface area (Å²) in [6.07, 6.45) is 2.46. The van der Waals surface area contributed by atoms with Crippen LogP contribution in [0.2, 0.25) is 0 Å². The van der Waals surface area contributed by atoms with Gasteiger partial charge in [0, 0.05) is 18.2 Å². The van der Waals surface area contributed by atoms with Gasteiger partial charge in [0.15, 0.2) is 5.76 Å². The van der Waals surface area contributed by atoms with Crippen LogP contribution in [0.15, 0.2) is 22.6 Å². The van der Waals surface area contributed by atoms with E-state index < -0.39 is 0 Å². The number of hydrogen-bond acceptors (Lipinski definition) is 3. The first-order chi connectivity index (χ1) is 8.33. The minimum Gasteiger partial charge on any atom is -0.460 e. The minimum absolute atomic E-state index is 0.557. The average molecular weight is 231 g/mol. The largest absolute Gasteiger partial charge is 0.460 e. The third-order valence-corrected chi connectivity index (χ3v) is 3.33. The monoisotopic (exact) mass is 231 g/mol. The molecule has 1 aliphatic heterocycles. The Kier molecular flexibility index (Phi) is 2.73. The van der Waals surface area contributed by atoms with Gasteiger partial charge in [-0.1, -0.05) is 0 Å². The summed E-state index contributed by atoms with van der Waals surface area (Å²) in [5, 5.41) is 10.9. The molecular weight excluding hydrogens is 214 g/mol. The van der Waals surface area contributed by atoms with E-state index in [0.717, 1.165) is 30.3 Å². The predicted molar refractivity (Wildman–Crippen MR) is 65.9 cm³/mol. The highest BCUT2D eigenvalue weighted by Crippen LogP contribution is 2.26. The van der Waals surface area contributed by atoms with E-state index in [0.29, 0.717) is 5.92 Å². The first-order valence-corrected chi connectivity index (χ1v) is 6.16. The molecule has 0 amide bonds. The normalized spacial score (nSPS) is 20.6. The fraction of sp³-hybridized carbons (Fsp3) is 0.462. The molecule has 1 fully saturated rings. The molecule has 90 valence electrons. The molecule has 0 aromatic carbocycles. The molecule has 0 aliphatic carbocycles. The number of furan rings is 1. The van der Waals surface area contributed by atoms with Crippen LogP contribution in [0.5, 0.6) is 0 Å². The van der Waals surface area contributed by atoms with Crippen molar-refractivity contribution in [1.82, 2.24) is 15.5 Å². The van der Waals surface area contributed by atoms with E-state index >= 15 is 0 Å². The number of nitrogens with zero attached hydrogens (tertiary/aromatic N) is 1. The Morgan fingerprint density at radius 2 is 2.35 bits per heavy atom. The molecule has 2 N–H and O–H groups in total. The van der Waals surface area contributed by atoms with Gasteiger partial charge in [0.2, 0.25) is 0 Å². The summed E-state index contributed by atoms with van der Waals surface area (Å²) < 4.78 is 5.57. The van der Waals surface area contributed by atoms with Crippen molar-refractivity contribution in [3.05, 3.63) is 29.7 Å². The lowest BCUT2D eigenvalue weighted by atomic mass is 9.96. The van der Waals surface area contributed by atoms with Crippen LogP contribution in [-0.2, 0) is 0 Å². The first kappa shape index (κ1) is 10.6. The third-order valence-electron chi connectivity index (χ3n) is 3.33. The summed E-state index contributed by atoms with van der Waals surface area (Å²) in [4.78, 5) is 0. The van der Waals surface area contributed by atoms with Crippen LogP contribution >= 0.6 is 0 Å². The molecule has 1 saturated heterocycles. The number of aryl methyl sites for hydroxylation is 1. The van der Waals surface area contributed by atoms with Gasteiger partial charge in [0.1, 0.15) is 11.5 Å². The number of nitrogens with one attached hydrogen (secondary N) is 2. The molecular formula is C13H17N3O. The molecule has 2 aromatic heterocycles. The summed E-state index contributed by atoms with van der Waals surface area (Å²) in [5.74, 6) is 2.32. The molecule has 3 heterocycles. The van der Waals surface area contributed by atoms with Crippen molar-refractivity contribution in [1.29, 1.82) is 0 Å². The highest BCUT2D eigenvalue weighted by atomic mass is 16.3. The van der Waals surface area contributed by atoms with Gasteiger partial charge in [-0.15, -0.1) is 0 Å². The SMILES string of the molecule is Cc1ccc(-c2cc(C3CCCNC3)[nH]n2)o1. The van der Waals surface area contributed by atoms with Crippen molar-refractivity contribution in [2.24, 2.45) is 0 Å². The standard InChI is InChI=1S/C13H17N3O/c1-9-4-5-13(17-9)12-7-11(15-16-12)10-3-2-6-14-8-10/h4-5,7,10,14H,2-3,6,8H2,1H3,(H,15,16). The molecule has 4 heteroatoms. The molecule has 17 heavy (non-hydrogen) atoms. The van der Waals surface area contributed by atoms with E-state index in [2.05, 4.69) is 21.6 Å². The molecule has 4 nitrogen and oxygen atoms in total. The molecule has 1 aliphatic rings. The zero-order valence-corrected chi connectivity index (χ0v) is 9.99.